The van der Waals surface area contributed by atoms with Gasteiger partial charge in [-0.3, -0.25) is 0 Å². The maximum absolute atomic E-state index is 6.20. The minimum atomic E-state index is 0.458. The molecule has 0 radical (unpaired) electrons. The summed E-state index contributed by atoms with van der Waals surface area (Å²) in [5, 5.41) is 6.29. The molecule has 0 fully saturated rings. The molecule has 0 saturated carbocycles. The second-order valence-corrected chi connectivity index (χ2v) is 7.67. The lowest BCUT2D eigenvalue weighted by molar-refractivity contribution is 0.302. The molecule has 3 rings (SSSR count). The van der Waals surface area contributed by atoms with Gasteiger partial charge < -0.3 is 10.1 Å². The topological polar surface area (TPSA) is 21.3 Å². The molecule has 0 atom stereocenters. The highest BCUT2D eigenvalue weighted by Crippen LogP contribution is 2.25. The minimum Gasteiger partial charge on any atom is -0.489 e. The number of ether oxygens (including phenoxy) is 1. The smallest absolute Gasteiger partial charge is 0.124 e. The second-order valence-electron chi connectivity index (χ2n) is 5.32. The number of hydrogen-bond donors (Lipinski definition) is 1. The Balaban J connectivity index is 1.65. The fourth-order valence-corrected chi connectivity index (χ4v) is 3.60. The van der Waals surface area contributed by atoms with Crippen molar-refractivity contribution in [2.24, 2.45) is 0 Å². The minimum absolute atomic E-state index is 0.458. The van der Waals surface area contributed by atoms with Gasteiger partial charge >= 0.3 is 0 Å². The number of nitrogens with one attached hydrogen (secondary N) is 1. The highest BCUT2D eigenvalue weighted by molar-refractivity contribution is 9.10. The van der Waals surface area contributed by atoms with Crippen LogP contribution in [0.4, 0.5) is 0 Å². The van der Waals surface area contributed by atoms with Gasteiger partial charge in [-0.05, 0) is 35.7 Å². The fourth-order valence-electron chi connectivity index (χ4n) is 2.33. The van der Waals surface area contributed by atoms with Crippen LogP contribution in [0.15, 0.2) is 64.5 Å². The third kappa shape index (κ3) is 4.84. The van der Waals surface area contributed by atoms with Crippen LogP contribution < -0.4 is 10.1 Å². The van der Waals surface area contributed by atoms with Crippen molar-refractivity contribution in [3.63, 3.8) is 0 Å². The number of hydrogen-bond acceptors (Lipinski definition) is 3. The predicted molar refractivity (Wildman–Crippen MR) is 105 cm³/mol. The Morgan fingerprint density at radius 3 is 2.67 bits per heavy atom. The van der Waals surface area contributed by atoms with Gasteiger partial charge in [-0.1, -0.05) is 51.8 Å². The number of halogens is 2. The quantitative estimate of drug-likeness (QED) is 0.501. The molecular formula is C19H17BrClNOS. The predicted octanol–water partition coefficient (Wildman–Crippen LogP) is 6.03. The van der Waals surface area contributed by atoms with E-state index < -0.39 is 0 Å². The lowest BCUT2D eigenvalue weighted by atomic mass is 10.2. The Bertz CT molecular complexity index is 792. The molecule has 1 aromatic heterocycles. The highest BCUT2D eigenvalue weighted by atomic mass is 79.9. The van der Waals surface area contributed by atoms with Gasteiger partial charge in [0, 0.05) is 38.6 Å². The molecule has 5 heteroatoms. The first-order chi connectivity index (χ1) is 11.7. The molecule has 0 saturated heterocycles. The van der Waals surface area contributed by atoms with E-state index >= 15 is 0 Å². The molecule has 24 heavy (non-hydrogen) atoms. The van der Waals surface area contributed by atoms with Gasteiger partial charge in [-0.15, -0.1) is 11.3 Å². The molecule has 124 valence electrons. The summed E-state index contributed by atoms with van der Waals surface area (Å²) in [5.74, 6) is 0.872. The van der Waals surface area contributed by atoms with Gasteiger partial charge in [0.2, 0.25) is 0 Å². The first-order valence-corrected chi connectivity index (χ1v) is 9.65. The van der Waals surface area contributed by atoms with E-state index in [1.54, 1.807) is 11.3 Å². The first kappa shape index (κ1) is 17.5. The zero-order valence-corrected chi connectivity index (χ0v) is 16.1. The summed E-state index contributed by atoms with van der Waals surface area (Å²) in [4.78, 5) is 1.32. The van der Waals surface area contributed by atoms with Crippen LogP contribution in [0, 0.1) is 0 Å². The molecule has 0 unspecified atom stereocenters. The molecule has 0 amide bonds. The Hall–Kier alpha value is -1.33. The van der Waals surface area contributed by atoms with Gasteiger partial charge in [-0.25, -0.2) is 0 Å². The second kappa shape index (κ2) is 8.67. The summed E-state index contributed by atoms with van der Waals surface area (Å²) in [6, 6.07) is 18.0. The molecule has 1 heterocycles. The Kier molecular flexibility index (Phi) is 6.32. The van der Waals surface area contributed by atoms with E-state index in [0.29, 0.717) is 6.61 Å². The van der Waals surface area contributed by atoms with Crippen LogP contribution in [0.5, 0.6) is 5.75 Å². The van der Waals surface area contributed by atoms with Crippen LogP contribution in [0.3, 0.4) is 0 Å². The lowest BCUT2D eigenvalue weighted by Crippen LogP contribution is -2.13. The van der Waals surface area contributed by atoms with E-state index in [-0.39, 0.29) is 0 Å². The number of thiophene rings is 1. The zero-order valence-electron chi connectivity index (χ0n) is 13.0. The van der Waals surface area contributed by atoms with Gasteiger partial charge in [-0.2, -0.15) is 0 Å². The van der Waals surface area contributed by atoms with Crippen molar-refractivity contribution in [1.82, 2.24) is 5.32 Å². The summed E-state index contributed by atoms with van der Waals surface area (Å²) in [7, 11) is 0. The molecule has 0 aliphatic rings. The lowest BCUT2D eigenvalue weighted by Gasteiger charge is -2.13. The average Bonchev–Trinajstić information content (AvgIpc) is 3.09. The van der Waals surface area contributed by atoms with Crippen molar-refractivity contribution >= 4 is 38.9 Å². The van der Waals surface area contributed by atoms with Gasteiger partial charge in [0.1, 0.15) is 12.4 Å². The summed E-state index contributed by atoms with van der Waals surface area (Å²) < 4.78 is 7.05. The summed E-state index contributed by atoms with van der Waals surface area (Å²) in [6.07, 6.45) is 0. The van der Waals surface area contributed by atoms with Gasteiger partial charge in [0.05, 0.1) is 0 Å². The van der Waals surface area contributed by atoms with E-state index in [4.69, 9.17) is 16.3 Å². The molecule has 0 bridgehead atoms. The SMILES string of the molecule is Clc1ccccc1COc1ccc(Br)cc1CNCc1cccs1. The van der Waals surface area contributed by atoms with E-state index in [1.165, 1.54) is 4.88 Å². The normalized spacial score (nSPS) is 10.8. The first-order valence-electron chi connectivity index (χ1n) is 7.60. The third-order valence-electron chi connectivity index (χ3n) is 3.56. The third-order valence-corrected chi connectivity index (χ3v) is 5.30. The molecule has 0 aliphatic heterocycles. The van der Waals surface area contributed by atoms with Crippen LogP contribution in [-0.4, -0.2) is 0 Å². The van der Waals surface area contributed by atoms with E-state index in [9.17, 15) is 0 Å². The maximum atomic E-state index is 6.20. The van der Waals surface area contributed by atoms with Crippen molar-refractivity contribution in [1.29, 1.82) is 0 Å². The van der Waals surface area contributed by atoms with Crippen LogP contribution in [0.2, 0.25) is 5.02 Å². The van der Waals surface area contributed by atoms with Crippen molar-refractivity contribution in [2.45, 2.75) is 19.7 Å². The van der Waals surface area contributed by atoms with Gasteiger partial charge in [0.15, 0.2) is 0 Å². The fraction of sp³-hybridized carbons (Fsp3) is 0.158. The van der Waals surface area contributed by atoms with E-state index in [0.717, 1.165) is 39.5 Å². The Morgan fingerprint density at radius 2 is 1.88 bits per heavy atom. The van der Waals surface area contributed by atoms with Crippen LogP contribution in [0.1, 0.15) is 16.0 Å². The molecule has 3 aromatic rings. The highest BCUT2D eigenvalue weighted by Gasteiger charge is 2.07. The number of benzene rings is 2. The maximum Gasteiger partial charge on any atom is 0.124 e. The van der Waals surface area contributed by atoms with E-state index in [2.05, 4.69) is 44.8 Å². The molecule has 2 nitrogen and oxygen atoms in total. The molecule has 2 aromatic carbocycles. The molecule has 0 spiro atoms. The largest absolute Gasteiger partial charge is 0.489 e. The summed E-state index contributed by atoms with van der Waals surface area (Å²) >= 11 is 11.5. The molecule has 1 N–H and O–H groups in total. The van der Waals surface area contributed by atoms with Gasteiger partial charge in [0.25, 0.3) is 0 Å². The van der Waals surface area contributed by atoms with Crippen molar-refractivity contribution in [2.75, 3.05) is 0 Å². The zero-order chi connectivity index (χ0) is 16.8. The standard InChI is InChI=1S/C19H17BrClNOS/c20-16-7-8-19(23-13-14-4-1-2-6-18(14)21)15(10-16)11-22-12-17-5-3-9-24-17/h1-10,22H,11-13H2. The number of rotatable bonds is 7. The van der Waals surface area contributed by atoms with Crippen molar-refractivity contribution in [3.05, 3.63) is 85.5 Å². The molecule has 0 aliphatic carbocycles. The van der Waals surface area contributed by atoms with Crippen LogP contribution in [0.25, 0.3) is 0 Å². The van der Waals surface area contributed by atoms with Crippen LogP contribution in [-0.2, 0) is 19.7 Å². The van der Waals surface area contributed by atoms with Crippen LogP contribution >= 0.6 is 38.9 Å². The average molecular weight is 423 g/mol. The monoisotopic (exact) mass is 421 g/mol. The molecular weight excluding hydrogens is 406 g/mol. The summed E-state index contributed by atoms with van der Waals surface area (Å²) in [5.41, 5.74) is 2.10. The van der Waals surface area contributed by atoms with Crippen molar-refractivity contribution in [3.8, 4) is 5.75 Å². The summed E-state index contributed by atoms with van der Waals surface area (Å²) in [6.45, 7) is 2.06. The van der Waals surface area contributed by atoms with Crippen molar-refractivity contribution < 1.29 is 4.74 Å². The van der Waals surface area contributed by atoms with E-state index in [1.807, 2.05) is 36.4 Å². The Labute approximate surface area is 159 Å². The Morgan fingerprint density at radius 1 is 1.00 bits per heavy atom.